The molecule has 0 aromatic carbocycles. The summed E-state index contributed by atoms with van der Waals surface area (Å²) in [6, 6.07) is 0. The summed E-state index contributed by atoms with van der Waals surface area (Å²) < 4.78 is 28.7. The highest BCUT2D eigenvalue weighted by Gasteiger charge is 2.67. The molecular weight excluding hydrogens is 284 g/mol. The molecule has 2 aliphatic heterocycles. The summed E-state index contributed by atoms with van der Waals surface area (Å²) in [5.41, 5.74) is 1.07. The van der Waals surface area contributed by atoms with Gasteiger partial charge in [0, 0.05) is 26.1 Å². The lowest BCUT2D eigenvalue weighted by Gasteiger charge is -2.52. The van der Waals surface area contributed by atoms with Crippen LogP contribution < -0.4 is 0 Å². The Hall–Kier alpha value is -0.460. The molecule has 2 saturated heterocycles. The van der Waals surface area contributed by atoms with Crippen molar-refractivity contribution in [3.05, 3.63) is 11.6 Å². The van der Waals surface area contributed by atoms with Crippen LogP contribution in [0.15, 0.2) is 11.6 Å². The van der Waals surface area contributed by atoms with Crippen LogP contribution in [-0.2, 0) is 23.7 Å². The van der Waals surface area contributed by atoms with E-state index in [1.807, 2.05) is 0 Å². The van der Waals surface area contributed by atoms with Crippen LogP contribution in [-0.4, -0.2) is 51.7 Å². The van der Waals surface area contributed by atoms with Gasteiger partial charge < -0.3 is 23.7 Å². The van der Waals surface area contributed by atoms with Gasteiger partial charge in [0.15, 0.2) is 0 Å². The number of hydrogen-bond donors (Lipinski definition) is 0. The average molecular weight is 312 g/mol. The highest BCUT2D eigenvalue weighted by Crippen LogP contribution is 2.61. The van der Waals surface area contributed by atoms with Gasteiger partial charge in [0.05, 0.1) is 18.3 Å². The summed E-state index contributed by atoms with van der Waals surface area (Å²) in [6.45, 7) is 5.09. The second-order valence-electron chi connectivity index (χ2n) is 6.99. The summed E-state index contributed by atoms with van der Waals surface area (Å²) in [6.07, 6.45) is 6.47. The molecule has 126 valence electrons. The molecule has 3 rings (SSSR count). The lowest BCUT2D eigenvalue weighted by atomic mass is 9.61. The van der Waals surface area contributed by atoms with Crippen molar-refractivity contribution in [3.63, 3.8) is 0 Å². The molecule has 0 saturated carbocycles. The third kappa shape index (κ3) is 2.34. The van der Waals surface area contributed by atoms with E-state index in [0.29, 0.717) is 6.79 Å². The van der Waals surface area contributed by atoms with Crippen LogP contribution in [0.3, 0.4) is 0 Å². The first kappa shape index (κ1) is 16.4. The minimum atomic E-state index is -0.332. The summed E-state index contributed by atoms with van der Waals surface area (Å²) in [4.78, 5) is 0. The Morgan fingerprint density at radius 2 is 1.95 bits per heavy atom. The fourth-order valence-corrected chi connectivity index (χ4v) is 4.75. The number of methoxy groups -OCH3 is 2. The van der Waals surface area contributed by atoms with Crippen molar-refractivity contribution >= 4 is 0 Å². The van der Waals surface area contributed by atoms with E-state index < -0.39 is 0 Å². The van der Waals surface area contributed by atoms with Gasteiger partial charge in [-0.3, -0.25) is 0 Å². The van der Waals surface area contributed by atoms with Crippen molar-refractivity contribution in [2.75, 3.05) is 27.8 Å². The quantitative estimate of drug-likeness (QED) is 0.557. The largest absolute Gasteiger partial charge is 0.361 e. The van der Waals surface area contributed by atoms with Gasteiger partial charge >= 0.3 is 0 Å². The second-order valence-corrected chi connectivity index (χ2v) is 6.99. The molecule has 1 spiro atoms. The van der Waals surface area contributed by atoms with Crippen LogP contribution in [0, 0.1) is 5.41 Å². The minimum Gasteiger partial charge on any atom is -0.361 e. The Labute approximate surface area is 132 Å². The zero-order valence-electron chi connectivity index (χ0n) is 14.1. The molecule has 1 aliphatic carbocycles. The SMILES string of the molecule is COCO[C@H]1C[C@H](OCOC)[C@@]23O[C@@H]1C[C@]2(C)CCC=C3C. The van der Waals surface area contributed by atoms with E-state index in [9.17, 15) is 0 Å². The number of allylic oxidation sites excluding steroid dienone is 1. The lowest BCUT2D eigenvalue weighted by molar-refractivity contribution is -0.245. The molecule has 0 N–H and O–H groups in total. The predicted octanol–water partition coefficient (Wildman–Crippen LogP) is 2.64. The number of fused-ring (bicyclic) bond motifs is 1. The molecule has 2 bridgehead atoms. The summed E-state index contributed by atoms with van der Waals surface area (Å²) in [5, 5.41) is 0. The van der Waals surface area contributed by atoms with E-state index in [-0.39, 0.29) is 36.1 Å². The van der Waals surface area contributed by atoms with Crippen LogP contribution in [0.2, 0.25) is 0 Å². The Kier molecular flexibility index (Phi) is 4.63. The van der Waals surface area contributed by atoms with E-state index in [1.165, 1.54) is 5.57 Å². The van der Waals surface area contributed by atoms with E-state index in [1.54, 1.807) is 14.2 Å². The average Bonchev–Trinajstić information content (AvgIpc) is 2.77. The molecule has 0 radical (unpaired) electrons. The first-order chi connectivity index (χ1) is 10.6. The van der Waals surface area contributed by atoms with Crippen molar-refractivity contribution in [2.45, 2.75) is 63.4 Å². The lowest BCUT2D eigenvalue weighted by Crippen LogP contribution is -2.59. The van der Waals surface area contributed by atoms with Crippen molar-refractivity contribution in [1.82, 2.24) is 0 Å². The van der Waals surface area contributed by atoms with Gasteiger partial charge in [0.2, 0.25) is 0 Å². The topological polar surface area (TPSA) is 46.2 Å². The molecule has 2 fully saturated rings. The van der Waals surface area contributed by atoms with Gasteiger partial charge in [0.25, 0.3) is 0 Å². The second kappa shape index (κ2) is 6.21. The van der Waals surface area contributed by atoms with Crippen molar-refractivity contribution in [1.29, 1.82) is 0 Å². The van der Waals surface area contributed by atoms with E-state index in [0.717, 1.165) is 25.7 Å². The molecule has 5 nitrogen and oxygen atoms in total. The normalized spacial score (nSPS) is 43.8. The smallest absolute Gasteiger partial charge is 0.146 e. The molecule has 2 heterocycles. The van der Waals surface area contributed by atoms with Gasteiger partial charge in [-0.25, -0.2) is 0 Å². The summed E-state index contributed by atoms with van der Waals surface area (Å²) >= 11 is 0. The first-order valence-electron chi connectivity index (χ1n) is 8.13. The maximum atomic E-state index is 6.59. The molecule has 0 aromatic heterocycles. The van der Waals surface area contributed by atoms with Crippen LogP contribution in [0.25, 0.3) is 0 Å². The standard InChI is InChI=1S/C17H28O5/c1-12-6-5-7-16(2)9-14-13(20-10-18-3)8-15(21-11-19-4)17(12,16)22-14/h6,13-15H,5,7-11H2,1-4H3/t13-,14+,15-,16-,17+/m0/s1. The molecule has 22 heavy (non-hydrogen) atoms. The van der Waals surface area contributed by atoms with Crippen molar-refractivity contribution in [2.24, 2.45) is 5.41 Å². The molecule has 0 unspecified atom stereocenters. The number of hydrogen-bond acceptors (Lipinski definition) is 5. The fraction of sp³-hybridized carbons (Fsp3) is 0.882. The van der Waals surface area contributed by atoms with Gasteiger partial charge in [-0.05, 0) is 31.8 Å². The number of ether oxygens (including phenoxy) is 5. The van der Waals surface area contributed by atoms with Gasteiger partial charge in [-0.1, -0.05) is 13.0 Å². The van der Waals surface area contributed by atoms with E-state index >= 15 is 0 Å². The van der Waals surface area contributed by atoms with Crippen LogP contribution in [0.5, 0.6) is 0 Å². The summed E-state index contributed by atoms with van der Waals surface area (Å²) in [7, 11) is 3.30. The van der Waals surface area contributed by atoms with Crippen molar-refractivity contribution in [3.8, 4) is 0 Å². The molecule has 3 aliphatic rings. The summed E-state index contributed by atoms with van der Waals surface area (Å²) in [5.74, 6) is 0. The Morgan fingerprint density at radius 3 is 2.68 bits per heavy atom. The zero-order valence-corrected chi connectivity index (χ0v) is 14.1. The van der Waals surface area contributed by atoms with E-state index in [2.05, 4.69) is 19.9 Å². The van der Waals surface area contributed by atoms with Crippen LogP contribution >= 0.6 is 0 Å². The van der Waals surface area contributed by atoms with Crippen LogP contribution in [0.4, 0.5) is 0 Å². The Balaban J connectivity index is 1.90. The monoisotopic (exact) mass is 312 g/mol. The highest BCUT2D eigenvalue weighted by atomic mass is 16.7. The highest BCUT2D eigenvalue weighted by molar-refractivity contribution is 5.32. The zero-order chi connectivity index (χ0) is 15.8. The molecule has 5 atom stereocenters. The van der Waals surface area contributed by atoms with Gasteiger partial charge in [-0.15, -0.1) is 0 Å². The van der Waals surface area contributed by atoms with Gasteiger partial charge in [-0.2, -0.15) is 0 Å². The number of rotatable bonds is 6. The van der Waals surface area contributed by atoms with Crippen LogP contribution in [0.1, 0.15) is 39.5 Å². The van der Waals surface area contributed by atoms with E-state index in [4.69, 9.17) is 23.7 Å². The molecule has 0 aromatic rings. The minimum absolute atomic E-state index is 0.0163. The van der Waals surface area contributed by atoms with Crippen molar-refractivity contribution < 1.29 is 23.7 Å². The Morgan fingerprint density at radius 1 is 1.23 bits per heavy atom. The molecule has 5 heteroatoms. The maximum Gasteiger partial charge on any atom is 0.146 e. The molecule has 0 amide bonds. The van der Waals surface area contributed by atoms with Gasteiger partial charge in [0.1, 0.15) is 19.2 Å². The molecular formula is C17H28O5. The third-order valence-corrected chi connectivity index (χ3v) is 5.72. The Bertz CT molecular complexity index is 437. The first-order valence-corrected chi connectivity index (χ1v) is 8.13. The fourth-order valence-electron chi connectivity index (χ4n) is 4.75. The third-order valence-electron chi connectivity index (χ3n) is 5.72. The predicted molar refractivity (Wildman–Crippen MR) is 81.4 cm³/mol. The maximum absolute atomic E-state index is 6.59.